The van der Waals surface area contributed by atoms with Crippen LogP contribution in [0.2, 0.25) is 5.15 Å². The minimum Gasteiger partial charge on any atom is -0.304 e. The number of carbonyl (C=O) groups is 1. The van der Waals surface area contributed by atoms with Crippen LogP contribution in [0.3, 0.4) is 0 Å². The van der Waals surface area contributed by atoms with Gasteiger partial charge in [-0.2, -0.15) is 0 Å². The van der Waals surface area contributed by atoms with E-state index in [1.165, 1.54) is 12.4 Å². The Morgan fingerprint density at radius 1 is 1.19 bits per heavy atom. The second-order valence-corrected chi connectivity index (χ2v) is 4.89. The molecule has 3 heterocycles. The molecule has 0 saturated carbocycles. The molecule has 0 aliphatic heterocycles. The van der Waals surface area contributed by atoms with Gasteiger partial charge < -0.3 is 9.72 Å². The number of hydrogen-bond acceptors (Lipinski definition) is 5. The maximum Gasteiger partial charge on any atom is 0.277 e. The van der Waals surface area contributed by atoms with E-state index < -0.39 is 5.91 Å². The van der Waals surface area contributed by atoms with Gasteiger partial charge in [0.25, 0.3) is 5.91 Å². The van der Waals surface area contributed by atoms with Crippen molar-refractivity contribution in [2.24, 2.45) is 0 Å². The minimum absolute atomic E-state index is 0.167. The second kappa shape index (κ2) is 5.10. The zero-order valence-electron chi connectivity index (χ0n) is 11.3. The first-order valence-electron chi connectivity index (χ1n) is 6.15. The van der Waals surface area contributed by atoms with Gasteiger partial charge in [-0.25, -0.2) is 19.9 Å². The van der Waals surface area contributed by atoms with Crippen molar-refractivity contribution >= 4 is 29.0 Å². The quantitative estimate of drug-likeness (QED) is 0.783. The smallest absolute Gasteiger partial charge is 0.277 e. The summed E-state index contributed by atoms with van der Waals surface area (Å²) in [6, 6.07) is 0. The Kier molecular flexibility index (Phi) is 3.26. The molecule has 7 nitrogen and oxygen atoms in total. The number of halogens is 1. The summed E-state index contributed by atoms with van der Waals surface area (Å²) >= 11 is 5.64. The van der Waals surface area contributed by atoms with Crippen LogP contribution in [0, 0.1) is 13.8 Å². The standard InChI is InChI=1S/C13H11ClN6O/c1-7-5-20-6-11(18-8(2)12(20)17-7)19-13(21)9-3-16-10(14)4-15-9/h3-6H,1-2H3,(H,19,21). The van der Waals surface area contributed by atoms with Crippen LogP contribution >= 0.6 is 11.6 Å². The molecule has 3 aromatic heterocycles. The number of carbonyl (C=O) groups excluding carboxylic acids is 1. The molecule has 21 heavy (non-hydrogen) atoms. The number of aryl methyl sites for hydroxylation is 2. The molecule has 0 atom stereocenters. The Bertz CT molecular complexity index is 827. The third kappa shape index (κ3) is 2.68. The van der Waals surface area contributed by atoms with E-state index in [0.717, 1.165) is 17.0 Å². The molecular formula is C13H11ClN6O. The lowest BCUT2D eigenvalue weighted by Gasteiger charge is -2.06. The summed E-state index contributed by atoms with van der Waals surface area (Å²) in [5.41, 5.74) is 2.53. The summed E-state index contributed by atoms with van der Waals surface area (Å²) < 4.78 is 1.82. The number of hydrogen-bond donors (Lipinski definition) is 1. The van der Waals surface area contributed by atoms with Crippen molar-refractivity contribution < 1.29 is 4.79 Å². The molecule has 0 fully saturated rings. The predicted octanol–water partition coefficient (Wildman–Crippen LogP) is 2.04. The lowest BCUT2D eigenvalue weighted by molar-refractivity contribution is 0.102. The van der Waals surface area contributed by atoms with Gasteiger partial charge in [0.15, 0.2) is 5.65 Å². The number of anilines is 1. The summed E-state index contributed by atoms with van der Waals surface area (Å²) in [7, 11) is 0. The van der Waals surface area contributed by atoms with E-state index in [9.17, 15) is 4.79 Å². The molecule has 0 bridgehead atoms. The fourth-order valence-corrected chi connectivity index (χ4v) is 2.04. The van der Waals surface area contributed by atoms with Gasteiger partial charge in [-0.15, -0.1) is 0 Å². The highest BCUT2D eigenvalue weighted by atomic mass is 35.5. The largest absolute Gasteiger partial charge is 0.304 e. The normalized spacial score (nSPS) is 10.8. The Morgan fingerprint density at radius 2 is 2.00 bits per heavy atom. The number of amides is 1. The molecule has 8 heteroatoms. The van der Waals surface area contributed by atoms with Crippen LogP contribution in [0.25, 0.3) is 5.65 Å². The van der Waals surface area contributed by atoms with Crippen molar-refractivity contribution in [3.63, 3.8) is 0 Å². The van der Waals surface area contributed by atoms with Crippen LogP contribution in [0.4, 0.5) is 5.82 Å². The monoisotopic (exact) mass is 302 g/mol. The highest BCUT2D eigenvalue weighted by Gasteiger charge is 2.11. The number of nitrogens with zero attached hydrogens (tertiary/aromatic N) is 5. The first kappa shape index (κ1) is 13.4. The van der Waals surface area contributed by atoms with Crippen molar-refractivity contribution in [3.8, 4) is 0 Å². The van der Waals surface area contributed by atoms with Crippen molar-refractivity contribution in [2.75, 3.05) is 5.32 Å². The zero-order chi connectivity index (χ0) is 15.0. The molecule has 0 saturated heterocycles. The molecule has 1 N–H and O–H groups in total. The number of imidazole rings is 1. The average Bonchev–Trinajstić information content (AvgIpc) is 2.80. The first-order chi connectivity index (χ1) is 10.0. The van der Waals surface area contributed by atoms with Gasteiger partial charge in [-0.3, -0.25) is 4.79 Å². The van der Waals surface area contributed by atoms with Gasteiger partial charge in [-0.05, 0) is 13.8 Å². The van der Waals surface area contributed by atoms with Gasteiger partial charge in [0, 0.05) is 6.20 Å². The highest BCUT2D eigenvalue weighted by Crippen LogP contribution is 2.13. The third-order valence-corrected chi connectivity index (χ3v) is 3.02. The fourth-order valence-electron chi connectivity index (χ4n) is 1.94. The summed E-state index contributed by atoms with van der Waals surface area (Å²) in [6.45, 7) is 3.73. The molecule has 0 spiro atoms. The Morgan fingerprint density at radius 3 is 2.71 bits per heavy atom. The lowest BCUT2D eigenvalue weighted by atomic mass is 10.4. The van der Waals surface area contributed by atoms with Gasteiger partial charge in [0.2, 0.25) is 0 Å². The van der Waals surface area contributed by atoms with Crippen molar-refractivity contribution in [1.29, 1.82) is 0 Å². The zero-order valence-corrected chi connectivity index (χ0v) is 12.1. The van der Waals surface area contributed by atoms with E-state index >= 15 is 0 Å². The maximum absolute atomic E-state index is 12.1. The van der Waals surface area contributed by atoms with E-state index in [-0.39, 0.29) is 10.8 Å². The van der Waals surface area contributed by atoms with Crippen LogP contribution in [0.1, 0.15) is 21.9 Å². The van der Waals surface area contributed by atoms with Gasteiger partial charge in [0.05, 0.1) is 30.0 Å². The minimum atomic E-state index is -0.401. The van der Waals surface area contributed by atoms with E-state index in [1.54, 1.807) is 6.20 Å². The molecule has 0 radical (unpaired) electrons. The average molecular weight is 303 g/mol. The van der Waals surface area contributed by atoms with Gasteiger partial charge in [-0.1, -0.05) is 11.6 Å². The molecule has 0 aliphatic rings. The first-order valence-corrected chi connectivity index (χ1v) is 6.52. The number of rotatable bonds is 2. The van der Waals surface area contributed by atoms with E-state index in [0.29, 0.717) is 5.82 Å². The molecule has 1 amide bonds. The molecule has 106 valence electrons. The number of nitrogens with one attached hydrogen (secondary N) is 1. The van der Waals surface area contributed by atoms with Gasteiger partial charge in [0.1, 0.15) is 16.7 Å². The van der Waals surface area contributed by atoms with E-state index in [4.69, 9.17) is 11.6 Å². The topological polar surface area (TPSA) is 85.1 Å². The SMILES string of the molecule is Cc1cn2cc(NC(=O)c3cnc(Cl)cn3)nc(C)c2n1. The van der Waals surface area contributed by atoms with Crippen LogP contribution in [0.15, 0.2) is 24.8 Å². The van der Waals surface area contributed by atoms with Crippen molar-refractivity contribution in [3.05, 3.63) is 47.0 Å². The Hall–Kier alpha value is -2.54. The summed E-state index contributed by atoms with van der Waals surface area (Å²) in [6.07, 6.45) is 6.19. The maximum atomic E-state index is 12.1. The molecular weight excluding hydrogens is 292 g/mol. The number of aromatic nitrogens is 5. The van der Waals surface area contributed by atoms with Crippen molar-refractivity contribution in [2.45, 2.75) is 13.8 Å². The molecule has 0 unspecified atom stereocenters. The lowest BCUT2D eigenvalue weighted by Crippen LogP contribution is -2.15. The molecule has 3 aromatic rings. The Balaban J connectivity index is 1.90. The second-order valence-electron chi connectivity index (χ2n) is 4.50. The van der Waals surface area contributed by atoms with Crippen molar-refractivity contribution in [1.82, 2.24) is 24.3 Å². The Labute approximate surface area is 125 Å². The van der Waals surface area contributed by atoms with Crippen LogP contribution in [0.5, 0.6) is 0 Å². The van der Waals surface area contributed by atoms with E-state index in [1.807, 2.05) is 24.4 Å². The molecule has 0 aromatic carbocycles. The summed E-state index contributed by atoms with van der Waals surface area (Å²) in [5.74, 6) is 0.0152. The van der Waals surface area contributed by atoms with Crippen LogP contribution in [-0.2, 0) is 0 Å². The highest BCUT2D eigenvalue weighted by molar-refractivity contribution is 6.29. The van der Waals surface area contributed by atoms with Crippen LogP contribution in [-0.4, -0.2) is 30.2 Å². The summed E-state index contributed by atoms with van der Waals surface area (Å²) in [4.78, 5) is 28.4. The van der Waals surface area contributed by atoms with Crippen LogP contribution < -0.4 is 5.32 Å². The molecule has 0 aliphatic carbocycles. The third-order valence-electron chi connectivity index (χ3n) is 2.82. The van der Waals surface area contributed by atoms with E-state index in [2.05, 4.69) is 25.3 Å². The van der Waals surface area contributed by atoms with Gasteiger partial charge >= 0.3 is 0 Å². The molecule has 3 rings (SSSR count). The fraction of sp³-hybridized carbons (Fsp3) is 0.154. The summed E-state index contributed by atoms with van der Waals surface area (Å²) in [5, 5.41) is 2.91. The number of fused-ring (bicyclic) bond motifs is 1. The predicted molar refractivity (Wildman–Crippen MR) is 77.5 cm³/mol.